The molecule has 1 amide bonds. The molecule has 0 aromatic heterocycles. The highest BCUT2D eigenvalue weighted by Crippen LogP contribution is 2.17. The van der Waals surface area contributed by atoms with Crippen LogP contribution in [0.5, 0.6) is 5.75 Å². The Hall–Kier alpha value is -1.88. The monoisotopic (exact) mass is 248 g/mol. The van der Waals surface area contributed by atoms with E-state index in [9.17, 15) is 9.59 Å². The van der Waals surface area contributed by atoms with E-state index in [1.165, 1.54) is 6.92 Å². The zero-order valence-electron chi connectivity index (χ0n) is 10.2. The summed E-state index contributed by atoms with van der Waals surface area (Å²) in [4.78, 5) is 22.6. The average Bonchev–Trinajstić information content (AvgIpc) is 2.84. The van der Waals surface area contributed by atoms with Gasteiger partial charge in [0.05, 0.1) is 0 Å². The highest BCUT2D eigenvalue weighted by atomic mass is 16.5. The van der Waals surface area contributed by atoms with Crippen molar-refractivity contribution in [2.75, 3.05) is 11.9 Å². The fourth-order valence-corrected chi connectivity index (χ4v) is 1.88. The fraction of sp³-hybridized carbons (Fsp3) is 0.385. The third-order valence-corrected chi connectivity index (χ3v) is 2.74. The van der Waals surface area contributed by atoms with Gasteiger partial charge in [0.25, 0.3) is 0 Å². The number of rotatable bonds is 3. The van der Waals surface area contributed by atoms with Crippen LogP contribution in [0.2, 0.25) is 0 Å². The van der Waals surface area contributed by atoms with Gasteiger partial charge >= 0.3 is 5.97 Å². The number of hydrogen-bond acceptors (Lipinski definition) is 4. The minimum Gasteiger partial charge on any atom is -0.425 e. The molecular formula is C13H16N2O3. The van der Waals surface area contributed by atoms with Gasteiger partial charge in [0.15, 0.2) is 0 Å². The van der Waals surface area contributed by atoms with Gasteiger partial charge in [0, 0.05) is 12.6 Å². The molecule has 1 heterocycles. The summed E-state index contributed by atoms with van der Waals surface area (Å²) in [7, 11) is 0. The second-order valence-electron chi connectivity index (χ2n) is 4.28. The van der Waals surface area contributed by atoms with Crippen LogP contribution in [0.15, 0.2) is 24.3 Å². The molecule has 0 aliphatic carbocycles. The lowest BCUT2D eigenvalue weighted by atomic mass is 10.2. The van der Waals surface area contributed by atoms with Gasteiger partial charge in [-0.25, -0.2) is 4.79 Å². The first-order valence-corrected chi connectivity index (χ1v) is 5.98. The van der Waals surface area contributed by atoms with E-state index >= 15 is 0 Å². The van der Waals surface area contributed by atoms with Crippen LogP contribution in [0, 0.1) is 0 Å². The predicted molar refractivity (Wildman–Crippen MR) is 67.4 cm³/mol. The van der Waals surface area contributed by atoms with E-state index in [2.05, 4.69) is 10.6 Å². The van der Waals surface area contributed by atoms with Gasteiger partial charge in [-0.3, -0.25) is 4.79 Å². The Kier molecular flexibility index (Phi) is 3.94. The van der Waals surface area contributed by atoms with E-state index in [1.807, 2.05) is 0 Å². The summed E-state index contributed by atoms with van der Waals surface area (Å²) in [6, 6.07) is 6.54. The van der Waals surface area contributed by atoms with E-state index in [-0.39, 0.29) is 17.9 Å². The summed E-state index contributed by atoms with van der Waals surface area (Å²) in [6.07, 6.45) is 1.82. The van der Waals surface area contributed by atoms with E-state index in [4.69, 9.17) is 4.74 Å². The molecule has 2 N–H and O–H groups in total. The van der Waals surface area contributed by atoms with E-state index in [0.717, 1.165) is 19.4 Å². The van der Waals surface area contributed by atoms with E-state index < -0.39 is 0 Å². The molecule has 1 fully saturated rings. The molecule has 0 saturated carbocycles. The minimum absolute atomic E-state index is 0.130. The zero-order chi connectivity index (χ0) is 13.0. The van der Waals surface area contributed by atoms with Crippen molar-refractivity contribution in [3.05, 3.63) is 24.3 Å². The Balaban J connectivity index is 1.93. The number of nitrogens with one attached hydrogen (secondary N) is 2. The van der Waals surface area contributed by atoms with Gasteiger partial charge in [0.1, 0.15) is 11.8 Å². The highest BCUT2D eigenvalue weighted by Gasteiger charge is 2.23. The average molecular weight is 248 g/mol. The van der Waals surface area contributed by atoms with Gasteiger partial charge in [-0.2, -0.15) is 0 Å². The van der Waals surface area contributed by atoms with Gasteiger partial charge in [-0.15, -0.1) is 0 Å². The van der Waals surface area contributed by atoms with Crippen LogP contribution in [0.4, 0.5) is 5.69 Å². The number of benzene rings is 1. The van der Waals surface area contributed by atoms with Crippen LogP contribution < -0.4 is 15.4 Å². The maximum Gasteiger partial charge on any atom is 0.328 e. The molecule has 1 aromatic rings. The SMILES string of the molecule is CC(=O)Nc1ccc(OC(=O)[C@@H]2CCCN2)cc1. The summed E-state index contributed by atoms with van der Waals surface area (Å²) in [5.41, 5.74) is 0.682. The molecule has 1 aliphatic heterocycles. The number of ether oxygens (including phenoxy) is 1. The van der Waals surface area contributed by atoms with Crippen LogP contribution in [-0.2, 0) is 9.59 Å². The third-order valence-electron chi connectivity index (χ3n) is 2.74. The summed E-state index contributed by atoms with van der Waals surface area (Å²) < 4.78 is 5.24. The fourth-order valence-electron chi connectivity index (χ4n) is 1.88. The molecule has 2 rings (SSSR count). The molecule has 1 aromatic carbocycles. The molecule has 0 bridgehead atoms. The maximum atomic E-state index is 11.7. The van der Waals surface area contributed by atoms with Crippen LogP contribution in [0.3, 0.4) is 0 Å². The van der Waals surface area contributed by atoms with Crippen LogP contribution in [0.25, 0.3) is 0 Å². The first kappa shape index (κ1) is 12.6. The lowest BCUT2D eigenvalue weighted by molar-refractivity contribution is -0.136. The van der Waals surface area contributed by atoms with Crippen molar-refractivity contribution in [2.24, 2.45) is 0 Å². The molecule has 96 valence electrons. The Morgan fingerprint density at radius 2 is 2.06 bits per heavy atom. The minimum atomic E-state index is -0.250. The van der Waals surface area contributed by atoms with Crippen molar-refractivity contribution in [1.29, 1.82) is 0 Å². The van der Waals surface area contributed by atoms with Crippen molar-refractivity contribution >= 4 is 17.6 Å². The van der Waals surface area contributed by atoms with Gasteiger partial charge < -0.3 is 15.4 Å². The molecule has 0 radical (unpaired) electrons. The molecule has 1 aliphatic rings. The molecule has 1 atom stereocenters. The van der Waals surface area contributed by atoms with Crippen LogP contribution >= 0.6 is 0 Å². The lowest BCUT2D eigenvalue weighted by Gasteiger charge is -2.10. The number of anilines is 1. The van der Waals surface area contributed by atoms with Crippen LogP contribution in [0.1, 0.15) is 19.8 Å². The second kappa shape index (κ2) is 5.64. The summed E-state index contributed by atoms with van der Waals surface area (Å²) in [5.74, 6) is 0.109. The van der Waals surface area contributed by atoms with Gasteiger partial charge in [-0.05, 0) is 43.7 Å². The van der Waals surface area contributed by atoms with Crippen molar-refractivity contribution < 1.29 is 14.3 Å². The summed E-state index contributed by atoms with van der Waals surface area (Å²) >= 11 is 0. The summed E-state index contributed by atoms with van der Waals surface area (Å²) in [6.45, 7) is 2.31. The van der Waals surface area contributed by atoms with Gasteiger partial charge in [-0.1, -0.05) is 0 Å². The zero-order valence-corrected chi connectivity index (χ0v) is 10.2. The molecule has 0 unspecified atom stereocenters. The molecule has 0 spiro atoms. The molecular weight excluding hydrogens is 232 g/mol. The van der Waals surface area contributed by atoms with Crippen molar-refractivity contribution in [2.45, 2.75) is 25.8 Å². The van der Waals surface area contributed by atoms with E-state index in [0.29, 0.717) is 11.4 Å². The Bertz CT molecular complexity index is 436. The molecule has 5 nitrogen and oxygen atoms in total. The number of hydrogen-bond donors (Lipinski definition) is 2. The first-order valence-electron chi connectivity index (χ1n) is 5.98. The Labute approximate surface area is 106 Å². The Morgan fingerprint density at radius 1 is 1.33 bits per heavy atom. The molecule has 1 saturated heterocycles. The van der Waals surface area contributed by atoms with Gasteiger partial charge in [0.2, 0.25) is 5.91 Å². The second-order valence-corrected chi connectivity index (χ2v) is 4.28. The summed E-state index contributed by atoms with van der Waals surface area (Å²) in [5, 5.41) is 5.73. The topological polar surface area (TPSA) is 67.4 Å². The number of amides is 1. The highest BCUT2D eigenvalue weighted by molar-refractivity contribution is 5.88. The molecule has 5 heteroatoms. The third kappa shape index (κ3) is 3.30. The van der Waals surface area contributed by atoms with Crippen molar-refractivity contribution in [3.8, 4) is 5.75 Å². The standard InChI is InChI=1S/C13H16N2O3/c1-9(16)15-10-4-6-11(7-5-10)18-13(17)12-3-2-8-14-12/h4-7,12,14H,2-3,8H2,1H3,(H,15,16)/t12-/m0/s1. The van der Waals surface area contributed by atoms with E-state index in [1.54, 1.807) is 24.3 Å². The van der Waals surface area contributed by atoms with Crippen molar-refractivity contribution in [3.63, 3.8) is 0 Å². The number of carbonyl (C=O) groups is 2. The lowest BCUT2D eigenvalue weighted by Crippen LogP contribution is -2.34. The predicted octanol–water partition coefficient (Wildman–Crippen LogP) is 1.30. The smallest absolute Gasteiger partial charge is 0.328 e. The Morgan fingerprint density at radius 3 is 2.61 bits per heavy atom. The van der Waals surface area contributed by atoms with Crippen LogP contribution in [-0.4, -0.2) is 24.5 Å². The first-order chi connectivity index (χ1) is 8.65. The van der Waals surface area contributed by atoms with Crippen molar-refractivity contribution in [1.82, 2.24) is 5.32 Å². The number of esters is 1. The maximum absolute atomic E-state index is 11.7. The quantitative estimate of drug-likeness (QED) is 0.625. The largest absolute Gasteiger partial charge is 0.425 e. The number of carbonyl (C=O) groups excluding carboxylic acids is 2. The molecule has 18 heavy (non-hydrogen) atoms. The normalized spacial score (nSPS) is 18.4.